The summed E-state index contributed by atoms with van der Waals surface area (Å²) in [5.74, 6) is 0.173. The van der Waals surface area contributed by atoms with Crippen LogP contribution in [0, 0.1) is 0 Å². The van der Waals surface area contributed by atoms with Crippen molar-refractivity contribution in [2.75, 3.05) is 0 Å². The van der Waals surface area contributed by atoms with Gasteiger partial charge < -0.3 is 9.97 Å². The van der Waals surface area contributed by atoms with E-state index in [1.54, 1.807) is 11.3 Å². The minimum atomic E-state index is 0.173. The number of rotatable bonds is 4. The number of aromatic nitrogens is 2. The molecule has 7 aromatic rings. The monoisotopic (exact) mass is 562 g/mol. The third-order valence-electron chi connectivity index (χ3n) is 6.52. The minimum absolute atomic E-state index is 0.173. The maximum absolute atomic E-state index is 12.3. The first kappa shape index (κ1) is 23.5. The highest BCUT2D eigenvalue weighted by Crippen LogP contribution is 2.28. The predicted molar refractivity (Wildman–Crippen MR) is 160 cm³/mol. The van der Waals surface area contributed by atoms with Gasteiger partial charge in [-0.15, -0.1) is 0 Å². The van der Waals surface area contributed by atoms with Crippen LogP contribution in [0.3, 0.4) is 0 Å². The Hall–Kier alpha value is -3.93. The maximum Gasteiger partial charge on any atom is 0.168 e. The molecule has 0 aliphatic carbocycles. The number of hydrogen-bond donors (Lipinski definition) is 2. The summed E-state index contributed by atoms with van der Waals surface area (Å²) in [5.41, 5.74) is 6.57. The summed E-state index contributed by atoms with van der Waals surface area (Å²) in [6, 6.07) is 31.5. The Morgan fingerprint density at radius 3 is 2.08 bits per heavy atom. The molecule has 2 N–H and O–H groups in total. The number of nitrogens with one attached hydrogen (secondary N) is 2. The summed E-state index contributed by atoms with van der Waals surface area (Å²) in [7, 11) is 0. The summed E-state index contributed by atoms with van der Waals surface area (Å²) in [6.07, 6.45) is 4.35. The zero-order valence-electron chi connectivity index (χ0n) is 19.9. The van der Waals surface area contributed by atoms with Crippen LogP contribution in [0.15, 0.2) is 119 Å². The fourth-order valence-electron chi connectivity index (χ4n) is 4.54. The Bertz CT molecular complexity index is 1850. The van der Waals surface area contributed by atoms with Gasteiger partial charge in [0.1, 0.15) is 0 Å². The molecular weight excluding hydrogens is 540 g/mol. The van der Waals surface area contributed by atoms with Gasteiger partial charge in [0.2, 0.25) is 0 Å². The minimum Gasteiger partial charge on any atom is -0.361 e. The number of fused-ring (bicyclic) bond motifs is 3. The van der Waals surface area contributed by atoms with Crippen molar-refractivity contribution in [3.63, 3.8) is 0 Å². The van der Waals surface area contributed by atoms with E-state index >= 15 is 0 Å². The van der Waals surface area contributed by atoms with Gasteiger partial charge in [-0.2, -0.15) is 11.3 Å². The Kier molecular flexibility index (Phi) is 6.47. The van der Waals surface area contributed by atoms with E-state index < -0.39 is 0 Å². The molecule has 7 rings (SSSR count). The molecule has 0 saturated carbocycles. The van der Waals surface area contributed by atoms with Gasteiger partial charge in [0, 0.05) is 45.3 Å². The normalized spacial score (nSPS) is 11.1. The van der Waals surface area contributed by atoms with Crippen LogP contribution in [-0.4, -0.2) is 15.8 Å². The van der Waals surface area contributed by atoms with Gasteiger partial charge in [0.25, 0.3) is 0 Å². The van der Waals surface area contributed by atoms with Gasteiger partial charge in [0.05, 0.1) is 0 Å². The van der Waals surface area contributed by atoms with Crippen molar-refractivity contribution < 1.29 is 4.79 Å². The molecule has 37 heavy (non-hydrogen) atoms. The van der Waals surface area contributed by atoms with Gasteiger partial charge in [-0.1, -0.05) is 64.5 Å². The molecule has 0 radical (unpaired) electrons. The zero-order chi connectivity index (χ0) is 25.2. The van der Waals surface area contributed by atoms with Gasteiger partial charge in [0.15, 0.2) is 5.78 Å². The molecule has 0 saturated heterocycles. The third-order valence-corrected chi connectivity index (χ3v) is 7.69. The lowest BCUT2D eigenvalue weighted by Crippen LogP contribution is -2.01. The van der Waals surface area contributed by atoms with Crippen molar-refractivity contribution in [3.8, 4) is 11.1 Å². The van der Waals surface area contributed by atoms with Crippen LogP contribution >= 0.6 is 27.3 Å². The highest BCUT2D eigenvalue weighted by atomic mass is 79.9. The number of carbonyl (C=O) groups is 1. The molecule has 0 amide bonds. The lowest BCUT2D eigenvalue weighted by molar-refractivity contribution is 0.0993. The van der Waals surface area contributed by atoms with Crippen molar-refractivity contribution in [2.45, 2.75) is 6.42 Å². The smallest absolute Gasteiger partial charge is 0.168 e. The van der Waals surface area contributed by atoms with Crippen LogP contribution in [0.4, 0.5) is 0 Å². The van der Waals surface area contributed by atoms with Gasteiger partial charge in [-0.05, 0) is 86.1 Å². The maximum atomic E-state index is 12.3. The molecule has 5 heteroatoms. The topological polar surface area (TPSA) is 48.6 Å². The highest BCUT2D eigenvalue weighted by Gasteiger charge is 2.09. The summed E-state index contributed by atoms with van der Waals surface area (Å²) in [5, 5.41) is 8.68. The zero-order valence-corrected chi connectivity index (χ0v) is 22.3. The molecule has 0 spiro atoms. The van der Waals surface area contributed by atoms with E-state index in [-0.39, 0.29) is 5.78 Å². The second kappa shape index (κ2) is 10.2. The number of Topliss-reactive ketones (excluding diaryl/α,β-unsaturated/α-hetero) is 1. The highest BCUT2D eigenvalue weighted by molar-refractivity contribution is 9.10. The first-order valence-electron chi connectivity index (χ1n) is 12.0. The van der Waals surface area contributed by atoms with Crippen LogP contribution in [0.2, 0.25) is 0 Å². The summed E-state index contributed by atoms with van der Waals surface area (Å²) in [6.45, 7) is 0. The van der Waals surface area contributed by atoms with Crippen LogP contribution in [-0.2, 0) is 6.42 Å². The molecule has 3 heterocycles. The number of hydrogen-bond acceptors (Lipinski definition) is 2. The summed E-state index contributed by atoms with van der Waals surface area (Å²) < 4.78 is 1.11. The summed E-state index contributed by atoms with van der Waals surface area (Å²) in [4.78, 5) is 18.7. The first-order chi connectivity index (χ1) is 18.1. The molecule has 0 fully saturated rings. The number of thiophene rings is 1. The number of benzene rings is 4. The molecule has 0 unspecified atom stereocenters. The van der Waals surface area contributed by atoms with Crippen LogP contribution in [0.25, 0.3) is 43.7 Å². The molecule has 3 aromatic heterocycles. The van der Waals surface area contributed by atoms with Gasteiger partial charge >= 0.3 is 0 Å². The number of aromatic amines is 2. The van der Waals surface area contributed by atoms with Crippen molar-refractivity contribution in [3.05, 3.63) is 130 Å². The second-order valence-electron chi connectivity index (χ2n) is 9.00. The van der Waals surface area contributed by atoms with Crippen molar-refractivity contribution in [1.29, 1.82) is 0 Å². The third kappa shape index (κ3) is 5.15. The molecule has 3 nitrogen and oxygen atoms in total. The lowest BCUT2D eigenvalue weighted by atomic mass is 9.97. The number of carbonyl (C=O) groups excluding carboxylic acids is 1. The van der Waals surface area contributed by atoms with E-state index in [1.165, 1.54) is 32.8 Å². The Morgan fingerprint density at radius 2 is 1.32 bits per heavy atom. The van der Waals surface area contributed by atoms with E-state index in [0.717, 1.165) is 26.5 Å². The average Bonchev–Trinajstić information content (AvgIpc) is 3.70. The van der Waals surface area contributed by atoms with Crippen LogP contribution in [0.5, 0.6) is 0 Å². The van der Waals surface area contributed by atoms with Crippen molar-refractivity contribution >= 4 is 65.6 Å². The Labute approximate surface area is 226 Å². The van der Waals surface area contributed by atoms with E-state index in [0.29, 0.717) is 6.42 Å². The molecule has 4 aromatic carbocycles. The van der Waals surface area contributed by atoms with E-state index in [1.807, 2.05) is 35.3 Å². The number of H-pyrrole nitrogens is 2. The quantitative estimate of drug-likeness (QED) is 0.206. The van der Waals surface area contributed by atoms with Gasteiger partial charge in [-0.25, -0.2) is 0 Å². The summed E-state index contributed by atoms with van der Waals surface area (Å²) >= 11 is 4.96. The lowest BCUT2D eigenvalue weighted by Gasteiger charge is -2.07. The average molecular weight is 564 g/mol. The van der Waals surface area contributed by atoms with E-state index in [9.17, 15) is 4.79 Å². The van der Waals surface area contributed by atoms with Gasteiger partial charge in [-0.3, -0.25) is 4.79 Å². The fraction of sp³-hybridized carbons (Fsp3) is 0.0312. The molecule has 0 aliphatic rings. The molecule has 0 bridgehead atoms. The SMILES string of the molecule is Brc1ccc2cc[nH]c2c1.O=C(Cc1ccc2cc(-c3ccc4cc[nH]c4c3)ccc2c1)c1ccsc1. The van der Waals surface area contributed by atoms with Crippen LogP contribution in [0.1, 0.15) is 15.9 Å². The largest absolute Gasteiger partial charge is 0.361 e. The molecule has 180 valence electrons. The fourth-order valence-corrected chi connectivity index (χ4v) is 5.56. The second-order valence-corrected chi connectivity index (χ2v) is 10.7. The Morgan fingerprint density at radius 1 is 0.676 bits per heavy atom. The van der Waals surface area contributed by atoms with Crippen molar-refractivity contribution in [2.24, 2.45) is 0 Å². The number of halogens is 1. The molecule has 0 aliphatic heterocycles. The number of ketones is 1. The first-order valence-corrected chi connectivity index (χ1v) is 13.7. The Balaban J connectivity index is 0.000000210. The standard InChI is InChI=1S/C24H17NOS.C8H6BrN/c26-24(22-8-10-27-15-22)12-16-1-2-19-13-20(6-5-18(19)11-16)21-4-3-17-7-9-25-23(17)14-21;9-7-2-1-6-3-4-10-8(6)5-7/h1-11,13-15,25H,12H2;1-5,10H. The molecule has 0 atom stereocenters. The van der Waals surface area contributed by atoms with Crippen LogP contribution < -0.4 is 0 Å². The van der Waals surface area contributed by atoms with E-state index in [2.05, 4.69) is 105 Å². The van der Waals surface area contributed by atoms with Crippen molar-refractivity contribution in [1.82, 2.24) is 9.97 Å². The molecular formula is C32H23BrN2OS. The van der Waals surface area contributed by atoms with E-state index in [4.69, 9.17) is 0 Å². The predicted octanol–water partition coefficient (Wildman–Crippen LogP) is 9.41.